The van der Waals surface area contributed by atoms with Gasteiger partial charge in [0.1, 0.15) is 0 Å². The molecule has 0 bridgehead atoms. The van der Waals surface area contributed by atoms with Crippen LogP contribution in [0.15, 0.2) is 36.7 Å². The number of nitrogens with two attached hydrogens (primary N) is 1. The van der Waals surface area contributed by atoms with Crippen LogP contribution in [-0.2, 0) is 6.42 Å². The normalized spacial score (nSPS) is 19.2. The molecule has 2 aromatic rings. The van der Waals surface area contributed by atoms with Gasteiger partial charge in [-0.05, 0) is 68.8 Å². The minimum Gasteiger partial charge on any atom is -0.330 e. The van der Waals surface area contributed by atoms with Crippen LogP contribution in [0.25, 0.3) is 0 Å². The van der Waals surface area contributed by atoms with E-state index in [0.29, 0.717) is 18.0 Å². The lowest BCUT2D eigenvalue weighted by atomic mass is 9.87. The molecule has 2 aromatic heterocycles. The zero-order valence-corrected chi connectivity index (χ0v) is 15.4. The van der Waals surface area contributed by atoms with Crippen molar-refractivity contribution in [3.8, 4) is 0 Å². The van der Waals surface area contributed by atoms with Crippen LogP contribution >= 0.6 is 0 Å². The maximum atomic E-state index is 5.80. The molecule has 0 spiro atoms. The highest BCUT2D eigenvalue weighted by atomic mass is 15.0. The van der Waals surface area contributed by atoms with E-state index in [-0.39, 0.29) is 0 Å². The lowest BCUT2D eigenvalue weighted by Crippen LogP contribution is -2.39. The van der Waals surface area contributed by atoms with E-state index in [2.05, 4.69) is 41.3 Å². The first kappa shape index (κ1) is 18.0. The van der Waals surface area contributed by atoms with E-state index >= 15 is 0 Å². The van der Waals surface area contributed by atoms with Crippen LogP contribution < -0.4 is 11.1 Å². The molecule has 3 N–H and O–H groups in total. The fourth-order valence-electron chi connectivity index (χ4n) is 4.01. The largest absolute Gasteiger partial charge is 0.330 e. The predicted octanol–water partition coefficient (Wildman–Crippen LogP) is 3.66. The molecule has 4 nitrogen and oxygen atoms in total. The van der Waals surface area contributed by atoms with E-state index < -0.39 is 0 Å². The molecule has 3 rings (SSSR count). The van der Waals surface area contributed by atoms with Gasteiger partial charge in [-0.3, -0.25) is 9.97 Å². The molecular formula is C21H30N4. The van der Waals surface area contributed by atoms with Crippen LogP contribution in [0.4, 0.5) is 0 Å². The topological polar surface area (TPSA) is 63.8 Å². The lowest BCUT2D eigenvalue weighted by molar-refractivity contribution is 0.335. The first-order valence-electron chi connectivity index (χ1n) is 9.52. The molecule has 0 amide bonds. The van der Waals surface area contributed by atoms with E-state index in [4.69, 9.17) is 5.73 Å². The van der Waals surface area contributed by atoms with Crippen molar-refractivity contribution in [2.45, 2.75) is 64.0 Å². The Bertz CT molecular complexity index is 685. The molecule has 0 aliphatic heterocycles. The molecule has 25 heavy (non-hydrogen) atoms. The summed E-state index contributed by atoms with van der Waals surface area (Å²) in [7, 11) is 0. The van der Waals surface area contributed by atoms with E-state index in [0.717, 1.165) is 32.2 Å². The number of aryl methyl sites for hydroxylation is 2. The van der Waals surface area contributed by atoms with E-state index in [9.17, 15) is 0 Å². The Labute approximate surface area is 151 Å². The summed E-state index contributed by atoms with van der Waals surface area (Å²) in [5.74, 6) is 0.349. The smallest absolute Gasteiger partial charge is 0.0605 e. The summed E-state index contributed by atoms with van der Waals surface area (Å²) in [6.07, 6.45) is 9.41. The number of hydrogen-bond donors (Lipinski definition) is 2. The molecule has 1 aliphatic rings. The van der Waals surface area contributed by atoms with Gasteiger partial charge in [0.25, 0.3) is 0 Å². The van der Waals surface area contributed by atoms with Crippen molar-refractivity contribution < 1.29 is 0 Å². The van der Waals surface area contributed by atoms with Crippen molar-refractivity contribution in [3.63, 3.8) is 0 Å². The minimum absolute atomic E-state index is 0.333. The molecule has 0 fully saturated rings. The molecule has 0 saturated heterocycles. The van der Waals surface area contributed by atoms with Gasteiger partial charge < -0.3 is 11.1 Å². The summed E-state index contributed by atoms with van der Waals surface area (Å²) in [6.45, 7) is 5.16. The molecule has 134 valence electrons. The summed E-state index contributed by atoms with van der Waals surface area (Å²) < 4.78 is 0. The Morgan fingerprint density at radius 3 is 2.84 bits per heavy atom. The van der Waals surface area contributed by atoms with Gasteiger partial charge in [0.2, 0.25) is 0 Å². The Hall–Kier alpha value is -1.78. The van der Waals surface area contributed by atoms with Crippen molar-refractivity contribution >= 4 is 0 Å². The number of nitrogens with zero attached hydrogens (tertiary/aromatic N) is 2. The number of nitrogens with one attached hydrogen (secondary N) is 1. The lowest BCUT2D eigenvalue weighted by Gasteiger charge is -2.33. The Kier molecular flexibility index (Phi) is 6.16. The van der Waals surface area contributed by atoms with Crippen LogP contribution in [0.1, 0.15) is 67.1 Å². The van der Waals surface area contributed by atoms with Gasteiger partial charge in [0.05, 0.1) is 5.69 Å². The monoisotopic (exact) mass is 338 g/mol. The van der Waals surface area contributed by atoms with Crippen molar-refractivity contribution in [1.29, 1.82) is 0 Å². The number of rotatable bonds is 7. The van der Waals surface area contributed by atoms with Crippen LogP contribution in [0, 0.1) is 6.92 Å². The average Bonchev–Trinajstić information content (AvgIpc) is 2.65. The maximum absolute atomic E-state index is 5.80. The minimum atomic E-state index is 0.333. The van der Waals surface area contributed by atoms with Crippen molar-refractivity contribution in [3.05, 3.63) is 59.2 Å². The second-order valence-electron chi connectivity index (χ2n) is 7.19. The van der Waals surface area contributed by atoms with E-state index in [1.807, 2.05) is 24.5 Å². The average molecular weight is 338 g/mol. The van der Waals surface area contributed by atoms with Gasteiger partial charge in [-0.25, -0.2) is 0 Å². The number of pyridine rings is 2. The number of aromatic nitrogens is 2. The Balaban J connectivity index is 1.81. The molecular weight excluding hydrogens is 308 g/mol. The number of fused-ring (bicyclic) bond motifs is 1. The third-order valence-corrected chi connectivity index (χ3v) is 5.41. The molecule has 4 heteroatoms. The highest BCUT2D eigenvalue weighted by Gasteiger charge is 2.27. The van der Waals surface area contributed by atoms with E-state index in [1.54, 1.807) is 0 Å². The van der Waals surface area contributed by atoms with Crippen molar-refractivity contribution in [2.75, 3.05) is 6.54 Å². The fraction of sp³-hybridized carbons (Fsp3) is 0.524. The molecule has 0 saturated carbocycles. The van der Waals surface area contributed by atoms with E-state index in [1.165, 1.54) is 28.9 Å². The molecule has 3 unspecified atom stereocenters. The van der Waals surface area contributed by atoms with Crippen molar-refractivity contribution in [1.82, 2.24) is 15.3 Å². The molecule has 2 heterocycles. The van der Waals surface area contributed by atoms with Gasteiger partial charge in [0, 0.05) is 36.1 Å². The zero-order chi connectivity index (χ0) is 17.6. The summed E-state index contributed by atoms with van der Waals surface area (Å²) in [4.78, 5) is 9.34. The highest BCUT2D eigenvalue weighted by Crippen LogP contribution is 2.31. The quantitative estimate of drug-likeness (QED) is 0.808. The molecule has 0 radical (unpaired) electrons. The maximum Gasteiger partial charge on any atom is 0.0605 e. The SMILES string of the molecule is Cc1cccnc1C(C)C(CCCN)NC1CCCc2cccnc21. The van der Waals surface area contributed by atoms with Crippen molar-refractivity contribution in [2.24, 2.45) is 5.73 Å². The van der Waals surface area contributed by atoms with Crippen LogP contribution in [-0.4, -0.2) is 22.6 Å². The standard InChI is InChI=1S/C21H30N4/c1-15-7-5-13-23-20(15)16(2)18(11-4-12-22)25-19-10-3-8-17-9-6-14-24-21(17)19/h5-7,9,13-14,16,18-19,25H,3-4,8,10-12,22H2,1-2H3. The Morgan fingerprint density at radius 2 is 2.04 bits per heavy atom. The highest BCUT2D eigenvalue weighted by molar-refractivity contribution is 5.27. The van der Waals surface area contributed by atoms with Crippen LogP contribution in [0.2, 0.25) is 0 Å². The van der Waals surface area contributed by atoms with Gasteiger partial charge in [0.15, 0.2) is 0 Å². The third kappa shape index (κ3) is 4.25. The van der Waals surface area contributed by atoms with Crippen LogP contribution in [0.3, 0.4) is 0 Å². The second kappa shape index (κ2) is 8.54. The predicted molar refractivity (Wildman–Crippen MR) is 103 cm³/mol. The van der Waals surface area contributed by atoms with Gasteiger partial charge in [-0.1, -0.05) is 19.1 Å². The molecule has 1 aliphatic carbocycles. The fourth-order valence-corrected chi connectivity index (χ4v) is 4.01. The second-order valence-corrected chi connectivity index (χ2v) is 7.19. The summed E-state index contributed by atoms with van der Waals surface area (Å²) in [5, 5.41) is 3.91. The third-order valence-electron chi connectivity index (χ3n) is 5.41. The zero-order valence-electron chi connectivity index (χ0n) is 15.4. The molecule has 0 aromatic carbocycles. The first-order chi connectivity index (χ1) is 12.2. The summed E-state index contributed by atoms with van der Waals surface area (Å²) in [5.41, 5.74) is 10.9. The summed E-state index contributed by atoms with van der Waals surface area (Å²) in [6, 6.07) is 9.12. The summed E-state index contributed by atoms with van der Waals surface area (Å²) >= 11 is 0. The Morgan fingerprint density at radius 1 is 1.24 bits per heavy atom. The van der Waals surface area contributed by atoms with Gasteiger partial charge in [-0.15, -0.1) is 0 Å². The van der Waals surface area contributed by atoms with Gasteiger partial charge >= 0.3 is 0 Å². The van der Waals surface area contributed by atoms with Gasteiger partial charge in [-0.2, -0.15) is 0 Å². The molecule has 3 atom stereocenters. The van der Waals surface area contributed by atoms with Crippen LogP contribution in [0.5, 0.6) is 0 Å². The number of hydrogen-bond acceptors (Lipinski definition) is 4. The first-order valence-corrected chi connectivity index (χ1v) is 9.52.